The Morgan fingerprint density at radius 1 is 1.13 bits per heavy atom. The highest BCUT2D eigenvalue weighted by molar-refractivity contribution is 5.92. The first-order chi connectivity index (χ1) is 10.8. The van der Waals surface area contributed by atoms with Crippen molar-refractivity contribution in [3.05, 3.63) is 0 Å². The van der Waals surface area contributed by atoms with Gasteiger partial charge in [0.15, 0.2) is 11.3 Å². The quantitative estimate of drug-likeness (QED) is 0.542. The summed E-state index contributed by atoms with van der Waals surface area (Å²) >= 11 is 0. The highest BCUT2D eigenvalue weighted by Gasteiger charge is 2.49. The van der Waals surface area contributed by atoms with Crippen molar-refractivity contribution >= 4 is 11.9 Å². The Hall–Kier alpha value is -1.22. The molecule has 0 aromatic rings. The van der Waals surface area contributed by atoms with Crippen LogP contribution in [0.5, 0.6) is 0 Å². The van der Waals surface area contributed by atoms with Crippen LogP contribution in [0, 0.1) is 0 Å². The first-order valence-electron chi connectivity index (χ1n) is 7.62. The maximum absolute atomic E-state index is 12.7. The monoisotopic (exact) mass is 333 g/mol. The molecule has 8 heteroatoms. The molecule has 1 aliphatic rings. The fourth-order valence-electron chi connectivity index (χ4n) is 2.41. The number of Topliss-reactive ketones (excluding diaryl/α,β-unsaturated/α-hetero) is 1. The second-order valence-corrected chi connectivity index (χ2v) is 6.40. The average Bonchev–Trinajstić information content (AvgIpc) is 2.61. The van der Waals surface area contributed by atoms with E-state index >= 15 is 0 Å². The van der Waals surface area contributed by atoms with Crippen molar-refractivity contribution in [1.29, 1.82) is 0 Å². The Balaban J connectivity index is 3.14. The molecule has 0 atom stereocenters. The highest BCUT2D eigenvalue weighted by atomic mass is 17.2. The van der Waals surface area contributed by atoms with Crippen molar-refractivity contribution < 1.29 is 33.9 Å². The van der Waals surface area contributed by atoms with Gasteiger partial charge in [0.25, 0.3) is 0 Å². The van der Waals surface area contributed by atoms with Crippen LogP contribution in [0.15, 0.2) is 0 Å². The Labute approximate surface area is 136 Å². The molecule has 1 saturated heterocycles. The third-order valence-electron chi connectivity index (χ3n) is 3.52. The number of ketones is 1. The maximum atomic E-state index is 12.7. The maximum Gasteiger partial charge on any atom is 0.411 e. The zero-order valence-electron chi connectivity index (χ0n) is 14.5. The molecule has 0 spiro atoms. The topological polar surface area (TPSA) is 83.5 Å². The molecule has 23 heavy (non-hydrogen) atoms. The van der Waals surface area contributed by atoms with Gasteiger partial charge in [0.2, 0.25) is 0 Å². The number of hydrogen-bond donors (Lipinski definition) is 0. The van der Waals surface area contributed by atoms with Gasteiger partial charge in [0, 0.05) is 13.0 Å². The minimum atomic E-state index is -1.34. The van der Waals surface area contributed by atoms with Crippen molar-refractivity contribution in [2.45, 2.75) is 51.2 Å². The van der Waals surface area contributed by atoms with E-state index in [1.165, 1.54) is 19.1 Å². The second kappa shape index (κ2) is 8.58. The third kappa shape index (κ3) is 5.42. The number of hydrogen-bond acceptors (Lipinski definition) is 7. The summed E-state index contributed by atoms with van der Waals surface area (Å²) in [6, 6.07) is 0. The molecule has 0 saturated carbocycles. The lowest BCUT2D eigenvalue weighted by molar-refractivity contribution is -0.317. The predicted molar refractivity (Wildman–Crippen MR) is 80.5 cm³/mol. The summed E-state index contributed by atoms with van der Waals surface area (Å²) in [5, 5.41) is 0. The Kier molecular flexibility index (Phi) is 7.40. The van der Waals surface area contributed by atoms with E-state index in [-0.39, 0.29) is 19.0 Å². The van der Waals surface area contributed by atoms with E-state index in [0.717, 1.165) is 0 Å². The smallest absolute Gasteiger partial charge is 0.411 e. The number of nitrogens with zero attached hydrogens (tertiary/aromatic N) is 1. The summed E-state index contributed by atoms with van der Waals surface area (Å²) in [5.41, 5.74) is -2.02. The summed E-state index contributed by atoms with van der Waals surface area (Å²) in [6.45, 7) is 5.34. The number of amides is 1. The van der Waals surface area contributed by atoms with Crippen LogP contribution in [0.4, 0.5) is 4.79 Å². The molecule has 1 amide bonds. The molecule has 0 bridgehead atoms. The molecular formula is C15H27NO7. The molecule has 0 N–H and O–H groups in total. The van der Waals surface area contributed by atoms with Gasteiger partial charge in [-0.3, -0.25) is 9.69 Å². The van der Waals surface area contributed by atoms with Crippen LogP contribution in [0.3, 0.4) is 0 Å². The third-order valence-corrected chi connectivity index (χ3v) is 3.52. The van der Waals surface area contributed by atoms with Crippen molar-refractivity contribution in [1.82, 2.24) is 4.90 Å². The highest BCUT2D eigenvalue weighted by Crippen LogP contribution is 2.28. The largest absolute Gasteiger partial charge is 0.444 e. The number of carbonyl (C=O) groups is 2. The first-order valence-corrected chi connectivity index (χ1v) is 7.62. The molecule has 134 valence electrons. The molecule has 0 aromatic carbocycles. The minimum Gasteiger partial charge on any atom is -0.444 e. The summed E-state index contributed by atoms with van der Waals surface area (Å²) < 4.78 is 5.44. The predicted octanol–water partition coefficient (Wildman–Crippen LogP) is 1.87. The molecule has 0 aromatic heterocycles. The zero-order chi connectivity index (χ0) is 17.5. The van der Waals surface area contributed by atoms with Crippen LogP contribution in [-0.4, -0.2) is 61.9 Å². The summed E-state index contributed by atoms with van der Waals surface area (Å²) in [4.78, 5) is 46.0. The van der Waals surface area contributed by atoms with Crippen LogP contribution in [0.25, 0.3) is 0 Å². The Morgan fingerprint density at radius 2 is 1.70 bits per heavy atom. The summed E-state index contributed by atoms with van der Waals surface area (Å²) in [5.74, 6) is -0.171. The van der Waals surface area contributed by atoms with E-state index in [0.29, 0.717) is 25.8 Å². The van der Waals surface area contributed by atoms with E-state index in [1.54, 1.807) is 20.8 Å². The summed E-state index contributed by atoms with van der Waals surface area (Å²) in [6.07, 6.45) is 1.10. The van der Waals surface area contributed by atoms with Crippen LogP contribution in [-0.2, 0) is 29.1 Å². The van der Waals surface area contributed by atoms with Gasteiger partial charge in [-0.2, -0.15) is 0 Å². The van der Waals surface area contributed by atoms with Crippen molar-refractivity contribution in [2.24, 2.45) is 0 Å². The number of carbonyl (C=O) groups excluding carboxylic acids is 2. The Morgan fingerprint density at radius 3 is 2.17 bits per heavy atom. The molecule has 0 aliphatic carbocycles. The standard InChI is InChI=1S/C15H27NO7/c1-14(2,3)23-13(18)16-9-7-6-8-12(17)15(16,10-21-19-4)11-22-20-5/h6-11H2,1-5H3. The SMILES string of the molecule is COOCC1(COOC)C(=O)CCCCN1C(=O)OC(C)(C)C. The lowest BCUT2D eigenvalue weighted by Gasteiger charge is -2.40. The van der Waals surface area contributed by atoms with Crippen molar-refractivity contribution in [2.75, 3.05) is 34.0 Å². The van der Waals surface area contributed by atoms with Gasteiger partial charge >= 0.3 is 6.09 Å². The average molecular weight is 333 g/mol. The van der Waals surface area contributed by atoms with E-state index in [4.69, 9.17) is 14.5 Å². The van der Waals surface area contributed by atoms with Gasteiger partial charge in [0.1, 0.15) is 18.8 Å². The molecule has 1 aliphatic heterocycles. The van der Waals surface area contributed by atoms with Gasteiger partial charge in [-0.05, 0) is 33.6 Å². The lowest BCUT2D eigenvalue weighted by atomic mass is 9.92. The van der Waals surface area contributed by atoms with Crippen LogP contribution < -0.4 is 0 Å². The van der Waals surface area contributed by atoms with Gasteiger partial charge < -0.3 is 4.74 Å². The zero-order valence-corrected chi connectivity index (χ0v) is 14.5. The lowest BCUT2D eigenvalue weighted by Crippen LogP contribution is -2.62. The number of rotatable bonds is 6. The van der Waals surface area contributed by atoms with Crippen LogP contribution in [0.2, 0.25) is 0 Å². The van der Waals surface area contributed by atoms with Crippen LogP contribution in [0.1, 0.15) is 40.0 Å². The molecule has 0 radical (unpaired) electrons. The van der Waals surface area contributed by atoms with E-state index in [9.17, 15) is 9.59 Å². The molecular weight excluding hydrogens is 306 g/mol. The second-order valence-electron chi connectivity index (χ2n) is 6.40. The van der Waals surface area contributed by atoms with Crippen molar-refractivity contribution in [3.63, 3.8) is 0 Å². The molecule has 1 fully saturated rings. The van der Waals surface area contributed by atoms with Gasteiger partial charge in [-0.15, -0.1) is 0 Å². The fraction of sp³-hybridized carbons (Fsp3) is 0.867. The van der Waals surface area contributed by atoms with E-state index in [1.807, 2.05) is 0 Å². The molecule has 1 rings (SSSR count). The van der Waals surface area contributed by atoms with Gasteiger partial charge in [0.05, 0.1) is 14.2 Å². The van der Waals surface area contributed by atoms with E-state index < -0.39 is 17.2 Å². The minimum absolute atomic E-state index is 0.162. The van der Waals surface area contributed by atoms with Crippen molar-refractivity contribution in [3.8, 4) is 0 Å². The first kappa shape index (κ1) is 19.8. The van der Waals surface area contributed by atoms with Gasteiger partial charge in [-0.1, -0.05) is 0 Å². The normalized spacial score (nSPS) is 18.7. The van der Waals surface area contributed by atoms with E-state index in [2.05, 4.69) is 9.78 Å². The molecule has 8 nitrogen and oxygen atoms in total. The fourth-order valence-corrected chi connectivity index (χ4v) is 2.41. The molecule has 0 unspecified atom stereocenters. The van der Waals surface area contributed by atoms with Crippen LogP contribution >= 0.6 is 0 Å². The Bertz CT molecular complexity index is 397. The molecule has 1 heterocycles. The van der Waals surface area contributed by atoms with Gasteiger partial charge in [-0.25, -0.2) is 24.3 Å². The summed E-state index contributed by atoms with van der Waals surface area (Å²) in [7, 11) is 2.67. The number of ether oxygens (including phenoxy) is 1. The number of likely N-dealkylation sites (tertiary alicyclic amines) is 1.